The number of hydrogen-bond acceptors (Lipinski definition) is 3. The Bertz CT molecular complexity index is 193. The van der Waals surface area contributed by atoms with E-state index >= 15 is 0 Å². The highest BCUT2D eigenvalue weighted by atomic mass is 16.5. The molecule has 0 aromatic rings. The van der Waals surface area contributed by atoms with Crippen LogP contribution >= 0.6 is 0 Å². The van der Waals surface area contributed by atoms with Crippen LogP contribution in [0, 0.1) is 0 Å². The van der Waals surface area contributed by atoms with Crippen molar-refractivity contribution in [3.63, 3.8) is 0 Å². The minimum atomic E-state index is -0.330. The molecule has 0 saturated carbocycles. The molecule has 0 aromatic carbocycles. The number of esters is 1. The summed E-state index contributed by atoms with van der Waals surface area (Å²) in [5.41, 5.74) is 0. The maximum atomic E-state index is 11.4. The molecule has 4 heteroatoms. The van der Waals surface area contributed by atoms with Crippen LogP contribution in [0.1, 0.15) is 26.2 Å². The van der Waals surface area contributed by atoms with Gasteiger partial charge in [-0.25, -0.2) is 4.79 Å². The minimum absolute atomic E-state index is 0.258. The zero-order valence-corrected chi connectivity index (χ0v) is 7.86. The SMILES string of the molecule is CCCOC(=O)C1CCCN1C=O. The summed E-state index contributed by atoms with van der Waals surface area (Å²) in [6.45, 7) is 3.07. The molecule has 0 bridgehead atoms. The van der Waals surface area contributed by atoms with Gasteiger partial charge in [-0.2, -0.15) is 0 Å². The van der Waals surface area contributed by atoms with Gasteiger partial charge in [0, 0.05) is 6.54 Å². The Kier molecular flexibility index (Phi) is 3.73. The standard InChI is InChI=1S/C9H15NO3/c1-2-6-13-9(12)8-4-3-5-10(8)7-11/h7-8H,2-6H2,1H3. The Labute approximate surface area is 77.8 Å². The van der Waals surface area contributed by atoms with E-state index in [1.54, 1.807) is 0 Å². The van der Waals surface area contributed by atoms with Crippen LogP contribution < -0.4 is 0 Å². The number of ether oxygens (including phenoxy) is 1. The second kappa shape index (κ2) is 4.84. The molecule has 1 saturated heterocycles. The van der Waals surface area contributed by atoms with E-state index in [1.165, 1.54) is 4.90 Å². The fourth-order valence-electron chi connectivity index (χ4n) is 1.47. The van der Waals surface area contributed by atoms with E-state index in [9.17, 15) is 9.59 Å². The summed E-state index contributed by atoms with van der Waals surface area (Å²) in [7, 11) is 0. The maximum Gasteiger partial charge on any atom is 0.328 e. The first-order chi connectivity index (χ1) is 6.29. The van der Waals surface area contributed by atoms with E-state index in [0.717, 1.165) is 25.7 Å². The summed E-state index contributed by atoms with van der Waals surface area (Å²) in [6.07, 6.45) is 3.18. The van der Waals surface area contributed by atoms with Crippen molar-refractivity contribution in [3.8, 4) is 0 Å². The number of carbonyl (C=O) groups excluding carboxylic acids is 2. The van der Waals surface area contributed by atoms with Crippen molar-refractivity contribution in [2.45, 2.75) is 32.2 Å². The fourth-order valence-corrected chi connectivity index (χ4v) is 1.47. The van der Waals surface area contributed by atoms with Crippen molar-refractivity contribution in [2.24, 2.45) is 0 Å². The van der Waals surface area contributed by atoms with Gasteiger partial charge in [-0.15, -0.1) is 0 Å². The monoisotopic (exact) mass is 185 g/mol. The molecule has 0 aliphatic carbocycles. The normalized spacial score (nSPS) is 21.6. The number of amides is 1. The second-order valence-corrected chi connectivity index (χ2v) is 3.17. The Morgan fingerprint density at radius 1 is 1.69 bits per heavy atom. The van der Waals surface area contributed by atoms with E-state index in [1.807, 2.05) is 6.92 Å². The Morgan fingerprint density at radius 2 is 2.46 bits per heavy atom. The molecule has 0 spiro atoms. The highest BCUT2D eigenvalue weighted by Crippen LogP contribution is 2.16. The molecule has 4 nitrogen and oxygen atoms in total. The van der Waals surface area contributed by atoms with Crippen LogP contribution in [0.3, 0.4) is 0 Å². The third kappa shape index (κ3) is 2.44. The smallest absolute Gasteiger partial charge is 0.328 e. The number of hydrogen-bond donors (Lipinski definition) is 0. The zero-order chi connectivity index (χ0) is 9.68. The molecular weight excluding hydrogens is 170 g/mol. The third-order valence-corrected chi connectivity index (χ3v) is 2.15. The maximum absolute atomic E-state index is 11.4. The fraction of sp³-hybridized carbons (Fsp3) is 0.778. The minimum Gasteiger partial charge on any atom is -0.464 e. The van der Waals surface area contributed by atoms with Crippen LogP contribution in [0.15, 0.2) is 0 Å². The molecule has 1 rings (SSSR count). The third-order valence-electron chi connectivity index (χ3n) is 2.15. The molecule has 0 radical (unpaired) electrons. The molecular formula is C9H15NO3. The largest absolute Gasteiger partial charge is 0.464 e. The summed E-state index contributed by atoms with van der Waals surface area (Å²) < 4.78 is 4.97. The van der Waals surface area contributed by atoms with Crippen LogP contribution in [-0.2, 0) is 14.3 Å². The first kappa shape index (κ1) is 10.0. The summed E-state index contributed by atoms with van der Waals surface area (Å²) in [5, 5.41) is 0. The van der Waals surface area contributed by atoms with Crippen molar-refractivity contribution < 1.29 is 14.3 Å². The van der Waals surface area contributed by atoms with E-state index in [2.05, 4.69) is 0 Å². The summed E-state index contributed by atoms with van der Waals surface area (Å²) in [5.74, 6) is -0.258. The number of likely N-dealkylation sites (tertiary alicyclic amines) is 1. The topological polar surface area (TPSA) is 46.6 Å². The van der Waals surface area contributed by atoms with Gasteiger partial charge in [0.2, 0.25) is 6.41 Å². The van der Waals surface area contributed by atoms with Crippen molar-refractivity contribution in [3.05, 3.63) is 0 Å². The lowest BCUT2D eigenvalue weighted by molar-refractivity contribution is -0.150. The second-order valence-electron chi connectivity index (χ2n) is 3.17. The van der Waals surface area contributed by atoms with Gasteiger partial charge < -0.3 is 9.64 Å². The summed E-state index contributed by atoms with van der Waals surface area (Å²) in [4.78, 5) is 23.4. The molecule has 0 aromatic heterocycles. The molecule has 1 aliphatic rings. The molecule has 1 atom stereocenters. The van der Waals surface area contributed by atoms with Crippen LogP contribution in [0.4, 0.5) is 0 Å². The van der Waals surface area contributed by atoms with Gasteiger partial charge in [-0.3, -0.25) is 4.79 Å². The molecule has 1 unspecified atom stereocenters. The van der Waals surface area contributed by atoms with Gasteiger partial charge >= 0.3 is 5.97 Å². The van der Waals surface area contributed by atoms with Gasteiger partial charge in [0.05, 0.1) is 6.61 Å². The molecule has 1 aliphatic heterocycles. The average molecular weight is 185 g/mol. The highest BCUT2D eigenvalue weighted by Gasteiger charge is 2.30. The van der Waals surface area contributed by atoms with E-state index in [0.29, 0.717) is 13.2 Å². The molecule has 1 fully saturated rings. The number of carbonyl (C=O) groups is 2. The van der Waals surface area contributed by atoms with Crippen molar-refractivity contribution in [2.75, 3.05) is 13.2 Å². The van der Waals surface area contributed by atoms with E-state index in [-0.39, 0.29) is 12.0 Å². The average Bonchev–Trinajstić information content (AvgIpc) is 2.61. The predicted octanol–water partition coefficient (Wildman–Crippen LogP) is 0.560. The van der Waals surface area contributed by atoms with Gasteiger partial charge in [-0.05, 0) is 19.3 Å². The lowest BCUT2D eigenvalue weighted by atomic mass is 10.2. The summed E-state index contributed by atoms with van der Waals surface area (Å²) in [6, 6.07) is -0.330. The lowest BCUT2D eigenvalue weighted by Crippen LogP contribution is -2.36. The van der Waals surface area contributed by atoms with Gasteiger partial charge in [-0.1, -0.05) is 6.92 Å². The Balaban J connectivity index is 2.40. The van der Waals surface area contributed by atoms with Crippen molar-refractivity contribution >= 4 is 12.4 Å². The first-order valence-corrected chi connectivity index (χ1v) is 4.67. The van der Waals surface area contributed by atoms with Gasteiger partial charge in [0.15, 0.2) is 0 Å². The number of nitrogens with zero attached hydrogens (tertiary/aromatic N) is 1. The lowest BCUT2D eigenvalue weighted by Gasteiger charge is -2.17. The van der Waals surface area contributed by atoms with E-state index < -0.39 is 0 Å². The quantitative estimate of drug-likeness (QED) is 0.475. The van der Waals surface area contributed by atoms with Crippen LogP contribution in [0.2, 0.25) is 0 Å². The van der Waals surface area contributed by atoms with E-state index in [4.69, 9.17) is 4.74 Å². The highest BCUT2D eigenvalue weighted by molar-refractivity contribution is 5.78. The predicted molar refractivity (Wildman–Crippen MR) is 47.0 cm³/mol. The molecule has 1 heterocycles. The van der Waals surface area contributed by atoms with Gasteiger partial charge in [0.1, 0.15) is 6.04 Å². The van der Waals surface area contributed by atoms with Crippen LogP contribution in [0.5, 0.6) is 0 Å². The summed E-state index contributed by atoms with van der Waals surface area (Å²) >= 11 is 0. The molecule has 13 heavy (non-hydrogen) atoms. The van der Waals surface area contributed by atoms with Crippen LogP contribution in [-0.4, -0.2) is 36.5 Å². The Morgan fingerprint density at radius 3 is 3.08 bits per heavy atom. The first-order valence-electron chi connectivity index (χ1n) is 4.67. The van der Waals surface area contributed by atoms with Crippen LogP contribution in [0.25, 0.3) is 0 Å². The number of rotatable bonds is 4. The Hall–Kier alpha value is -1.06. The van der Waals surface area contributed by atoms with Crippen molar-refractivity contribution in [1.82, 2.24) is 4.90 Å². The molecule has 74 valence electrons. The molecule has 0 N–H and O–H groups in total. The van der Waals surface area contributed by atoms with Crippen molar-refractivity contribution in [1.29, 1.82) is 0 Å². The van der Waals surface area contributed by atoms with Gasteiger partial charge in [0.25, 0.3) is 0 Å². The zero-order valence-electron chi connectivity index (χ0n) is 7.86. The molecule has 1 amide bonds.